The average molecular weight is 439 g/mol. The molecule has 5 aromatic rings. The lowest BCUT2D eigenvalue weighted by molar-refractivity contribution is -0.133. The van der Waals surface area contributed by atoms with Gasteiger partial charge in [0.15, 0.2) is 11.0 Å². The van der Waals surface area contributed by atoms with E-state index in [9.17, 15) is 4.79 Å². The highest BCUT2D eigenvalue weighted by Gasteiger charge is 2.12. The second kappa shape index (κ2) is 8.64. The topological polar surface area (TPSA) is 91.8 Å². The first-order valence-corrected chi connectivity index (χ1v) is 11.0. The van der Waals surface area contributed by atoms with Crippen LogP contribution < -0.4 is 0 Å². The van der Waals surface area contributed by atoms with Crippen molar-refractivity contribution in [2.75, 3.05) is 5.75 Å². The minimum absolute atomic E-state index is 0.0754. The molecular formula is C25H18N4O2S. The maximum Gasteiger partial charge on any atom is 0.313 e. The van der Waals surface area contributed by atoms with Gasteiger partial charge in [-0.1, -0.05) is 48.2 Å². The van der Waals surface area contributed by atoms with Crippen LogP contribution in [-0.4, -0.2) is 37.0 Å². The number of thioether (sulfide) groups is 1. The van der Waals surface area contributed by atoms with Gasteiger partial charge in [-0.2, -0.15) is 0 Å². The van der Waals surface area contributed by atoms with Crippen molar-refractivity contribution in [2.45, 2.75) is 5.16 Å². The van der Waals surface area contributed by atoms with E-state index in [4.69, 9.17) is 5.11 Å². The number of nitrogens with one attached hydrogen (secondary N) is 1. The van der Waals surface area contributed by atoms with Gasteiger partial charge in [-0.15, -0.1) is 10.2 Å². The number of H-pyrrole nitrogens is 1. The first-order valence-electron chi connectivity index (χ1n) is 9.98. The number of rotatable bonds is 6. The van der Waals surface area contributed by atoms with Gasteiger partial charge in [-0.3, -0.25) is 9.78 Å². The number of carboxylic acid groups (broad SMARTS) is 1. The molecule has 0 saturated heterocycles. The van der Waals surface area contributed by atoms with Crippen molar-refractivity contribution >= 4 is 28.5 Å². The monoisotopic (exact) mass is 438 g/mol. The highest BCUT2D eigenvalue weighted by Crippen LogP contribution is 2.33. The standard InChI is InChI=1S/C25H18N4O2S/c30-23(31)15-32-25-27-24(28-29-25)22-13-20(17-7-9-26-10-8-17)12-21(14-22)19-6-5-16-3-1-2-4-18(16)11-19/h1-14H,15H2,(H,30,31)(H,27,28,29). The molecule has 7 heteroatoms. The van der Waals surface area contributed by atoms with Crippen LogP contribution in [0.1, 0.15) is 0 Å². The van der Waals surface area contributed by atoms with E-state index >= 15 is 0 Å². The molecule has 0 radical (unpaired) electrons. The largest absolute Gasteiger partial charge is 0.481 e. The summed E-state index contributed by atoms with van der Waals surface area (Å²) in [4.78, 5) is 18.1. The number of benzene rings is 3. The molecule has 156 valence electrons. The number of aliphatic carboxylic acids is 1. The summed E-state index contributed by atoms with van der Waals surface area (Å²) in [6.45, 7) is 0. The van der Waals surface area contributed by atoms with Crippen LogP contribution in [0.4, 0.5) is 0 Å². The van der Waals surface area contributed by atoms with Crippen molar-refractivity contribution in [1.29, 1.82) is 0 Å². The molecule has 2 aromatic heterocycles. The second-order valence-electron chi connectivity index (χ2n) is 7.26. The van der Waals surface area contributed by atoms with Gasteiger partial charge in [0, 0.05) is 18.0 Å². The minimum atomic E-state index is -0.897. The molecule has 0 aliphatic rings. The fraction of sp³-hybridized carbons (Fsp3) is 0.0400. The number of hydrogen-bond donors (Lipinski definition) is 2. The molecule has 3 aromatic carbocycles. The first kappa shape index (κ1) is 20.0. The smallest absolute Gasteiger partial charge is 0.313 e. The zero-order chi connectivity index (χ0) is 21.9. The lowest BCUT2D eigenvalue weighted by atomic mass is 9.95. The van der Waals surface area contributed by atoms with E-state index in [-0.39, 0.29) is 5.75 Å². The molecule has 0 amide bonds. The lowest BCUT2D eigenvalue weighted by Gasteiger charge is -2.10. The average Bonchev–Trinajstić information content (AvgIpc) is 3.32. The first-order chi connectivity index (χ1) is 15.7. The van der Waals surface area contributed by atoms with E-state index in [1.54, 1.807) is 12.4 Å². The Morgan fingerprint density at radius 2 is 1.50 bits per heavy atom. The molecule has 5 rings (SSSR count). The predicted molar refractivity (Wildman–Crippen MR) is 126 cm³/mol. The molecule has 32 heavy (non-hydrogen) atoms. The van der Waals surface area contributed by atoms with Gasteiger partial charge >= 0.3 is 5.97 Å². The van der Waals surface area contributed by atoms with E-state index in [1.807, 2.05) is 30.3 Å². The fourth-order valence-electron chi connectivity index (χ4n) is 3.58. The Balaban J connectivity index is 1.61. The van der Waals surface area contributed by atoms with Gasteiger partial charge in [0.25, 0.3) is 0 Å². The third-order valence-corrected chi connectivity index (χ3v) is 5.95. The Labute approximate surface area is 188 Å². The quantitative estimate of drug-likeness (QED) is 0.339. The number of nitrogens with zero attached hydrogens (tertiary/aromatic N) is 3. The van der Waals surface area contributed by atoms with Crippen molar-refractivity contribution in [3.63, 3.8) is 0 Å². The zero-order valence-electron chi connectivity index (χ0n) is 16.9. The molecule has 6 nitrogen and oxygen atoms in total. The van der Waals surface area contributed by atoms with Crippen LogP contribution >= 0.6 is 11.8 Å². The number of carbonyl (C=O) groups is 1. The highest BCUT2D eigenvalue weighted by molar-refractivity contribution is 7.99. The molecule has 2 heterocycles. The Bertz CT molecular complexity index is 1420. The minimum Gasteiger partial charge on any atom is -0.481 e. The van der Waals surface area contributed by atoms with Crippen molar-refractivity contribution in [1.82, 2.24) is 20.2 Å². The molecule has 0 bridgehead atoms. The SMILES string of the molecule is O=C(O)CSc1nnc(-c2cc(-c3ccncc3)cc(-c3ccc4ccccc4c3)c2)[nH]1. The number of pyridine rings is 1. The third kappa shape index (κ3) is 4.24. The van der Waals surface area contributed by atoms with E-state index < -0.39 is 5.97 Å². The van der Waals surface area contributed by atoms with Gasteiger partial charge in [-0.25, -0.2) is 0 Å². The van der Waals surface area contributed by atoms with E-state index in [0.29, 0.717) is 11.0 Å². The van der Waals surface area contributed by atoms with Gasteiger partial charge < -0.3 is 10.1 Å². The highest BCUT2D eigenvalue weighted by atomic mass is 32.2. The van der Waals surface area contributed by atoms with Crippen LogP contribution in [0.25, 0.3) is 44.4 Å². The summed E-state index contributed by atoms with van der Waals surface area (Å²) in [5, 5.41) is 20.1. The lowest BCUT2D eigenvalue weighted by Crippen LogP contribution is -1.97. The normalized spacial score (nSPS) is 11.0. The van der Waals surface area contributed by atoms with Gasteiger partial charge in [0.05, 0.1) is 5.75 Å². The van der Waals surface area contributed by atoms with Crippen molar-refractivity contribution in [2.24, 2.45) is 0 Å². The summed E-state index contributed by atoms with van der Waals surface area (Å²) < 4.78 is 0. The fourth-order valence-corrected chi connectivity index (χ4v) is 4.11. The molecule has 0 fully saturated rings. The summed E-state index contributed by atoms with van der Waals surface area (Å²) in [5.41, 5.74) is 5.10. The number of hydrogen-bond acceptors (Lipinski definition) is 5. The van der Waals surface area contributed by atoms with Crippen LogP contribution in [0, 0.1) is 0 Å². The Morgan fingerprint density at radius 1 is 0.781 bits per heavy atom. The number of carboxylic acids is 1. The van der Waals surface area contributed by atoms with Gasteiger partial charge in [-0.05, 0) is 69.4 Å². The molecule has 2 N–H and O–H groups in total. The Kier molecular flexibility index (Phi) is 5.39. The van der Waals surface area contributed by atoms with Crippen molar-refractivity contribution in [3.05, 3.63) is 85.2 Å². The second-order valence-corrected chi connectivity index (χ2v) is 8.22. The van der Waals surface area contributed by atoms with E-state index in [0.717, 1.165) is 39.6 Å². The van der Waals surface area contributed by atoms with Gasteiger partial charge in [0.2, 0.25) is 0 Å². The van der Waals surface area contributed by atoms with Crippen LogP contribution in [0.15, 0.2) is 90.3 Å². The number of aromatic nitrogens is 4. The molecule has 0 spiro atoms. The van der Waals surface area contributed by atoms with Crippen LogP contribution in [-0.2, 0) is 4.79 Å². The molecule has 0 aliphatic heterocycles. The Morgan fingerprint density at radius 3 is 2.28 bits per heavy atom. The summed E-state index contributed by atoms with van der Waals surface area (Å²) in [6.07, 6.45) is 3.54. The summed E-state index contributed by atoms with van der Waals surface area (Å²) in [6, 6.07) is 24.9. The maximum atomic E-state index is 10.9. The van der Waals surface area contributed by atoms with Crippen LogP contribution in [0.5, 0.6) is 0 Å². The van der Waals surface area contributed by atoms with Gasteiger partial charge in [0.1, 0.15) is 0 Å². The van der Waals surface area contributed by atoms with E-state index in [2.05, 4.69) is 62.6 Å². The van der Waals surface area contributed by atoms with E-state index in [1.165, 1.54) is 10.8 Å². The summed E-state index contributed by atoms with van der Waals surface area (Å²) in [7, 11) is 0. The molecule has 0 aliphatic carbocycles. The zero-order valence-corrected chi connectivity index (χ0v) is 17.7. The number of fused-ring (bicyclic) bond motifs is 1. The summed E-state index contributed by atoms with van der Waals surface area (Å²) >= 11 is 1.11. The predicted octanol–water partition coefficient (Wildman–Crippen LogP) is 5.53. The third-order valence-electron chi connectivity index (χ3n) is 5.10. The van der Waals surface area contributed by atoms with Crippen molar-refractivity contribution in [3.8, 4) is 33.6 Å². The van der Waals surface area contributed by atoms with Crippen LogP contribution in [0.3, 0.4) is 0 Å². The molecule has 0 atom stereocenters. The van der Waals surface area contributed by atoms with Crippen LogP contribution in [0.2, 0.25) is 0 Å². The van der Waals surface area contributed by atoms with Crippen molar-refractivity contribution < 1.29 is 9.90 Å². The molecular weight excluding hydrogens is 420 g/mol. The molecule has 0 unspecified atom stereocenters. The molecule has 0 saturated carbocycles. The Hall–Kier alpha value is -3.97. The summed E-state index contributed by atoms with van der Waals surface area (Å²) in [5.74, 6) is -0.379. The maximum absolute atomic E-state index is 10.9. The number of aromatic amines is 1.